The number of ether oxygens (including phenoxy) is 1. The summed E-state index contributed by atoms with van der Waals surface area (Å²) >= 11 is 0. The number of rotatable bonds is 2. The van der Waals surface area contributed by atoms with E-state index in [1.165, 1.54) is 25.4 Å². The Hall–Kier alpha value is -0.810. The molecule has 1 rings (SSSR count). The summed E-state index contributed by atoms with van der Waals surface area (Å²) < 4.78 is 26.2. The van der Waals surface area contributed by atoms with Crippen LogP contribution in [0, 0.1) is 0 Å². The lowest BCUT2D eigenvalue weighted by Crippen LogP contribution is -1.94. The van der Waals surface area contributed by atoms with Gasteiger partial charge in [-0.05, 0) is 12.1 Å². The zero-order chi connectivity index (χ0) is 9.19. The molecule has 0 amide bonds. The average molecular weight is 208 g/mol. The second-order valence-corrected chi connectivity index (χ2v) is 4.49. The van der Waals surface area contributed by atoms with Crippen molar-refractivity contribution < 1.29 is 13.2 Å². The molecule has 0 saturated carbocycles. The molecule has 1 aromatic heterocycles. The molecule has 1 aromatic rings. The van der Waals surface area contributed by atoms with Crippen molar-refractivity contribution in [3.8, 4) is 5.75 Å². The van der Waals surface area contributed by atoms with Crippen LogP contribution < -0.4 is 4.74 Å². The molecule has 0 saturated heterocycles. The molecule has 4 nitrogen and oxygen atoms in total. The van der Waals surface area contributed by atoms with Gasteiger partial charge in [-0.25, -0.2) is 13.4 Å². The summed E-state index contributed by atoms with van der Waals surface area (Å²) in [7, 11) is 2.76. The molecule has 0 aliphatic rings. The van der Waals surface area contributed by atoms with E-state index in [1.807, 2.05) is 0 Å². The molecule has 0 spiro atoms. The van der Waals surface area contributed by atoms with Gasteiger partial charge in [0.05, 0.1) is 13.3 Å². The molecule has 0 bridgehead atoms. The largest absolute Gasteiger partial charge is 0.495 e. The van der Waals surface area contributed by atoms with Crippen LogP contribution in [-0.2, 0) is 9.05 Å². The zero-order valence-electron chi connectivity index (χ0n) is 6.19. The first kappa shape index (κ1) is 9.28. The van der Waals surface area contributed by atoms with E-state index in [0.29, 0.717) is 5.75 Å². The third kappa shape index (κ3) is 2.09. The van der Waals surface area contributed by atoms with Crippen molar-refractivity contribution in [3.63, 3.8) is 0 Å². The maximum Gasteiger partial charge on any atom is 0.278 e. The Morgan fingerprint density at radius 3 is 2.50 bits per heavy atom. The predicted octanol–water partition coefficient (Wildman–Crippen LogP) is 1.02. The fourth-order valence-corrected chi connectivity index (χ4v) is 1.31. The topological polar surface area (TPSA) is 56.3 Å². The van der Waals surface area contributed by atoms with E-state index in [-0.39, 0.29) is 5.03 Å². The molecular formula is C6H6ClNO3S. The van der Waals surface area contributed by atoms with Crippen molar-refractivity contribution in [3.05, 3.63) is 18.3 Å². The lowest BCUT2D eigenvalue weighted by molar-refractivity contribution is 0.412. The van der Waals surface area contributed by atoms with Crippen LogP contribution in [0.4, 0.5) is 0 Å². The smallest absolute Gasteiger partial charge is 0.278 e. The Labute approximate surface area is 74.6 Å². The summed E-state index contributed by atoms with van der Waals surface area (Å²) in [5.74, 6) is 0.485. The Morgan fingerprint density at radius 1 is 1.50 bits per heavy atom. The summed E-state index contributed by atoms with van der Waals surface area (Å²) in [6.07, 6.45) is 1.29. The maximum absolute atomic E-state index is 10.7. The van der Waals surface area contributed by atoms with Gasteiger partial charge in [-0.3, -0.25) is 0 Å². The van der Waals surface area contributed by atoms with E-state index in [4.69, 9.17) is 15.4 Å². The minimum absolute atomic E-state index is 0.176. The summed E-state index contributed by atoms with van der Waals surface area (Å²) in [5.41, 5.74) is 0. The van der Waals surface area contributed by atoms with Crippen LogP contribution in [0.2, 0.25) is 0 Å². The van der Waals surface area contributed by atoms with Crippen molar-refractivity contribution in [1.29, 1.82) is 0 Å². The van der Waals surface area contributed by atoms with Crippen molar-refractivity contribution >= 4 is 19.7 Å². The number of hydrogen-bond donors (Lipinski definition) is 0. The van der Waals surface area contributed by atoms with Crippen molar-refractivity contribution in [2.24, 2.45) is 0 Å². The average Bonchev–Trinajstić information content (AvgIpc) is 2.03. The summed E-state index contributed by atoms with van der Waals surface area (Å²) in [5, 5.41) is -0.176. The Bertz CT molecular complexity index is 359. The molecular weight excluding hydrogens is 202 g/mol. The quantitative estimate of drug-likeness (QED) is 0.680. The van der Waals surface area contributed by atoms with Gasteiger partial charge in [0.15, 0.2) is 5.03 Å². The third-order valence-corrected chi connectivity index (χ3v) is 2.41. The fraction of sp³-hybridized carbons (Fsp3) is 0.167. The molecule has 66 valence electrons. The molecule has 0 N–H and O–H groups in total. The van der Waals surface area contributed by atoms with Gasteiger partial charge in [-0.15, -0.1) is 0 Å². The summed E-state index contributed by atoms with van der Waals surface area (Å²) in [6, 6.07) is 2.75. The molecule has 0 aliphatic heterocycles. The molecule has 0 radical (unpaired) electrons. The lowest BCUT2D eigenvalue weighted by Gasteiger charge is -1.98. The Kier molecular flexibility index (Phi) is 2.54. The Balaban J connectivity index is 3.09. The third-order valence-electron chi connectivity index (χ3n) is 1.19. The van der Waals surface area contributed by atoms with E-state index in [0.717, 1.165) is 0 Å². The lowest BCUT2D eigenvalue weighted by atomic mass is 10.5. The predicted molar refractivity (Wildman–Crippen MR) is 43.8 cm³/mol. The first-order valence-electron chi connectivity index (χ1n) is 2.99. The van der Waals surface area contributed by atoms with Gasteiger partial charge in [-0.2, -0.15) is 0 Å². The van der Waals surface area contributed by atoms with Crippen molar-refractivity contribution in [2.45, 2.75) is 5.03 Å². The highest BCUT2D eigenvalue weighted by Gasteiger charge is 2.10. The number of pyridine rings is 1. The van der Waals surface area contributed by atoms with Gasteiger partial charge in [0.1, 0.15) is 5.75 Å². The van der Waals surface area contributed by atoms with Crippen molar-refractivity contribution in [2.75, 3.05) is 7.11 Å². The van der Waals surface area contributed by atoms with Gasteiger partial charge in [-0.1, -0.05) is 0 Å². The van der Waals surface area contributed by atoms with Gasteiger partial charge in [0.25, 0.3) is 9.05 Å². The highest BCUT2D eigenvalue weighted by Crippen LogP contribution is 2.14. The molecule has 1 heterocycles. The molecule has 0 aliphatic carbocycles. The van der Waals surface area contributed by atoms with E-state index < -0.39 is 9.05 Å². The van der Waals surface area contributed by atoms with Crippen LogP contribution in [0.25, 0.3) is 0 Å². The highest BCUT2D eigenvalue weighted by atomic mass is 35.7. The molecule has 0 fully saturated rings. The van der Waals surface area contributed by atoms with Gasteiger partial charge in [0, 0.05) is 10.7 Å². The van der Waals surface area contributed by atoms with Crippen LogP contribution >= 0.6 is 10.7 Å². The standard InChI is InChI=1S/C6H6ClNO3S/c1-11-5-2-3-6(8-4-5)12(7,9)10/h2-4H,1H3. The number of aromatic nitrogens is 1. The minimum atomic E-state index is -3.72. The fourth-order valence-electron chi connectivity index (χ4n) is 0.632. The number of methoxy groups -OCH3 is 1. The SMILES string of the molecule is COc1ccc(S(=O)(=O)Cl)nc1. The first-order chi connectivity index (χ1) is 5.54. The van der Waals surface area contributed by atoms with Crippen LogP contribution in [0.1, 0.15) is 0 Å². The van der Waals surface area contributed by atoms with E-state index in [9.17, 15) is 8.42 Å². The van der Waals surface area contributed by atoms with Gasteiger partial charge < -0.3 is 4.74 Å². The summed E-state index contributed by atoms with van der Waals surface area (Å²) in [4.78, 5) is 3.58. The maximum atomic E-state index is 10.7. The molecule has 0 unspecified atom stereocenters. The van der Waals surface area contributed by atoms with Gasteiger partial charge in [0.2, 0.25) is 0 Å². The zero-order valence-corrected chi connectivity index (χ0v) is 7.76. The van der Waals surface area contributed by atoms with Crippen LogP contribution in [-0.4, -0.2) is 20.5 Å². The molecule has 0 aromatic carbocycles. The summed E-state index contributed by atoms with van der Waals surface area (Å²) in [6.45, 7) is 0. The highest BCUT2D eigenvalue weighted by molar-refractivity contribution is 8.13. The van der Waals surface area contributed by atoms with Crippen LogP contribution in [0.15, 0.2) is 23.4 Å². The van der Waals surface area contributed by atoms with Crippen LogP contribution in [0.3, 0.4) is 0 Å². The van der Waals surface area contributed by atoms with E-state index in [1.54, 1.807) is 0 Å². The van der Waals surface area contributed by atoms with Crippen LogP contribution in [0.5, 0.6) is 5.75 Å². The normalized spacial score (nSPS) is 11.2. The second-order valence-electron chi connectivity index (χ2n) is 1.97. The van der Waals surface area contributed by atoms with E-state index in [2.05, 4.69) is 4.98 Å². The van der Waals surface area contributed by atoms with Gasteiger partial charge >= 0.3 is 0 Å². The van der Waals surface area contributed by atoms with Crippen molar-refractivity contribution in [1.82, 2.24) is 4.98 Å². The first-order valence-corrected chi connectivity index (χ1v) is 5.29. The molecule has 12 heavy (non-hydrogen) atoms. The van der Waals surface area contributed by atoms with E-state index >= 15 is 0 Å². The molecule has 6 heteroatoms. The number of hydrogen-bond acceptors (Lipinski definition) is 4. The number of halogens is 1. The number of nitrogens with zero attached hydrogens (tertiary/aromatic N) is 1. The monoisotopic (exact) mass is 207 g/mol. The molecule has 0 atom stereocenters. The second kappa shape index (κ2) is 3.28. The minimum Gasteiger partial charge on any atom is -0.495 e. The Morgan fingerprint density at radius 2 is 2.17 bits per heavy atom.